The summed E-state index contributed by atoms with van der Waals surface area (Å²) in [5.41, 5.74) is 10.5. The fourth-order valence-electron chi connectivity index (χ4n) is 3.11. The van der Waals surface area contributed by atoms with Gasteiger partial charge in [0.05, 0.1) is 18.3 Å². The van der Waals surface area contributed by atoms with E-state index < -0.39 is 6.04 Å². The van der Waals surface area contributed by atoms with Gasteiger partial charge in [0.25, 0.3) is 0 Å². The molecule has 1 aliphatic carbocycles. The van der Waals surface area contributed by atoms with Crippen LogP contribution in [0.1, 0.15) is 37.8 Å². The van der Waals surface area contributed by atoms with Crippen LogP contribution in [-0.4, -0.2) is 29.4 Å². The predicted molar refractivity (Wildman–Crippen MR) is 109 cm³/mol. The second kappa shape index (κ2) is 8.63. The lowest BCUT2D eigenvalue weighted by molar-refractivity contribution is -0.125. The first-order chi connectivity index (χ1) is 12.9. The first kappa shape index (κ1) is 19.5. The Kier molecular flexibility index (Phi) is 6.23. The lowest BCUT2D eigenvalue weighted by atomic mass is 9.90. The van der Waals surface area contributed by atoms with Crippen molar-refractivity contribution in [2.75, 3.05) is 11.9 Å². The van der Waals surface area contributed by atoms with Gasteiger partial charge in [-0.15, -0.1) is 11.3 Å². The van der Waals surface area contributed by atoms with E-state index in [1.165, 1.54) is 35.3 Å². The monoisotopic (exact) mass is 386 g/mol. The molecule has 27 heavy (non-hydrogen) atoms. The highest BCUT2D eigenvalue weighted by atomic mass is 32.1. The van der Waals surface area contributed by atoms with Gasteiger partial charge in [0, 0.05) is 10.9 Å². The fraction of sp³-hybridized carbons (Fsp3) is 0.450. The molecule has 0 fully saturated rings. The molecule has 3 rings (SSSR count). The smallest absolute Gasteiger partial charge is 0.245 e. The molecule has 1 aromatic heterocycles. The summed E-state index contributed by atoms with van der Waals surface area (Å²) in [7, 11) is 0. The van der Waals surface area contributed by atoms with Gasteiger partial charge in [0.15, 0.2) is 5.13 Å². The molecule has 7 heteroatoms. The van der Waals surface area contributed by atoms with Crippen LogP contribution in [0.2, 0.25) is 0 Å². The number of aryl methyl sites for hydroxylation is 2. The Bertz CT molecular complexity index is 831. The van der Waals surface area contributed by atoms with Gasteiger partial charge in [-0.2, -0.15) is 0 Å². The van der Waals surface area contributed by atoms with Crippen molar-refractivity contribution in [2.24, 2.45) is 11.7 Å². The molecular formula is C20H26N4O2S. The van der Waals surface area contributed by atoms with Gasteiger partial charge >= 0.3 is 0 Å². The SMILES string of the molecule is CC(C)[C@H](N)C(=O)NCC(=O)Nc1nc(-c2ccc3c(c2)CCCC3)cs1. The maximum atomic E-state index is 12.0. The molecule has 1 aromatic carbocycles. The van der Waals surface area contributed by atoms with Crippen LogP contribution in [0.5, 0.6) is 0 Å². The summed E-state index contributed by atoms with van der Waals surface area (Å²) >= 11 is 1.38. The summed E-state index contributed by atoms with van der Waals surface area (Å²) < 4.78 is 0. The Morgan fingerprint density at radius 1 is 1.22 bits per heavy atom. The molecule has 2 amide bonds. The molecule has 1 atom stereocenters. The molecule has 0 unspecified atom stereocenters. The van der Waals surface area contributed by atoms with Gasteiger partial charge in [-0.3, -0.25) is 9.59 Å². The number of carbonyl (C=O) groups is 2. The molecule has 2 aromatic rings. The lowest BCUT2D eigenvalue weighted by Gasteiger charge is -2.16. The number of carbonyl (C=O) groups excluding carboxylic acids is 2. The summed E-state index contributed by atoms with van der Waals surface area (Å²) in [6, 6.07) is 5.88. The van der Waals surface area contributed by atoms with Crippen molar-refractivity contribution in [3.8, 4) is 11.3 Å². The van der Waals surface area contributed by atoms with Crippen LogP contribution in [0.15, 0.2) is 23.6 Å². The van der Waals surface area contributed by atoms with Crippen molar-refractivity contribution in [2.45, 2.75) is 45.6 Å². The third-order valence-electron chi connectivity index (χ3n) is 4.84. The van der Waals surface area contributed by atoms with Gasteiger partial charge in [-0.05, 0) is 48.8 Å². The maximum Gasteiger partial charge on any atom is 0.245 e. The number of hydrogen-bond donors (Lipinski definition) is 3. The number of fused-ring (bicyclic) bond motifs is 1. The van der Waals surface area contributed by atoms with Crippen molar-refractivity contribution >= 4 is 28.3 Å². The molecule has 0 saturated heterocycles. The number of aromatic nitrogens is 1. The predicted octanol–water partition coefficient (Wildman–Crippen LogP) is 2.73. The number of thiazole rings is 1. The van der Waals surface area contributed by atoms with Crippen LogP contribution >= 0.6 is 11.3 Å². The van der Waals surface area contributed by atoms with Crippen molar-refractivity contribution in [3.05, 3.63) is 34.7 Å². The highest BCUT2D eigenvalue weighted by molar-refractivity contribution is 7.14. The zero-order chi connectivity index (χ0) is 19.4. The number of nitrogens with two attached hydrogens (primary N) is 1. The van der Waals surface area contributed by atoms with Gasteiger partial charge < -0.3 is 16.4 Å². The molecule has 4 N–H and O–H groups in total. The summed E-state index contributed by atoms with van der Waals surface area (Å²) in [6.07, 6.45) is 4.77. The van der Waals surface area contributed by atoms with Crippen LogP contribution in [-0.2, 0) is 22.4 Å². The van der Waals surface area contributed by atoms with E-state index in [2.05, 4.69) is 33.8 Å². The molecule has 0 radical (unpaired) electrons. The lowest BCUT2D eigenvalue weighted by Crippen LogP contribution is -2.46. The van der Waals surface area contributed by atoms with Crippen LogP contribution < -0.4 is 16.4 Å². The summed E-state index contributed by atoms with van der Waals surface area (Å²) in [6.45, 7) is 3.61. The number of nitrogens with one attached hydrogen (secondary N) is 2. The first-order valence-electron chi connectivity index (χ1n) is 9.35. The number of rotatable bonds is 6. The minimum absolute atomic E-state index is 0.0196. The van der Waals surface area contributed by atoms with Crippen molar-refractivity contribution in [1.82, 2.24) is 10.3 Å². The largest absolute Gasteiger partial charge is 0.346 e. The Hall–Kier alpha value is -2.25. The molecule has 1 heterocycles. The molecular weight excluding hydrogens is 360 g/mol. The van der Waals surface area contributed by atoms with Crippen LogP contribution in [0.3, 0.4) is 0 Å². The first-order valence-corrected chi connectivity index (χ1v) is 10.2. The van der Waals surface area contributed by atoms with E-state index >= 15 is 0 Å². The third-order valence-corrected chi connectivity index (χ3v) is 5.60. The second-order valence-corrected chi connectivity index (χ2v) is 8.12. The average molecular weight is 387 g/mol. The molecule has 0 spiro atoms. The zero-order valence-corrected chi connectivity index (χ0v) is 16.6. The standard InChI is InChI=1S/C20H26N4O2S/c1-12(2)18(21)19(26)22-10-17(25)24-20-23-16(11-27-20)15-8-7-13-5-3-4-6-14(13)9-15/h7-9,11-12,18H,3-6,10,21H2,1-2H3,(H,22,26)(H,23,24,25)/t18-/m0/s1. The molecule has 1 aliphatic rings. The third kappa shape index (κ3) is 4.93. The van der Waals surface area contributed by atoms with Gasteiger partial charge in [-0.1, -0.05) is 26.0 Å². The van der Waals surface area contributed by atoms with Crippen LogP contribution in [0.25, 0.3) is 11.3 Å². The zero-order valence-electron chi connectivity index (χ0n) is 15.7. The van der Waals surface area contributed by atoms with Crippen molar-refractivity contribution < 1.29 is 9.59 Å². The second-order valence-electron chi connectivity index (χ2n) is 7.26. The molecule has 0 saturated carbocycles. The quantitative estimate of drug-likeness (QED) is 0.711. The topological polar surface area (TPSA) is 97.1 Å². The Morgan fingerprint density at radius 2 is 1.96 bits per heavy atom. The Balaban J connectivity index is 1.58. The summed E-state index contributed by atoms with van der Waals surface area (Å²) in [4.78, 5) is 28.4. The number of benzene rings is 1. The van der Waals surface area contributed by atoms with E-state index in [1.807, 2.05) is 19.2 Å². The Morgan fingerprint density at radius 3 is 2.70 bits per heavy atom. The molecule has 144 valence electrons. The van der Waals surface area contributed by atoms with E-state index in [4.69, 9.17) is 5.73 Å². The summed E-state index contributed by atoms with van der Waals surface area (Å²) in [5, 5.41) is 7.75. The van der Waals surface area contributed by atoms with Crippen LogP contribution in [0.4, 0.5) is 5.13 Å². The molecule has 6 nitrogen and oxygen atoms in total. The van der Waals surface area contributed by atoms with E-state index in [1.54, 1.807) is 0 Å². The van der Waals surface area contributed by atoms with Crippen LogP contribution in [0, 0.1) is 5.92 Å². The minimum Gasteiger partial charge on any atom is -0.346 e. The van der Waals surface area contributed by atoms with Gasteiger partial charge in [0.1, 0.15) is 0 Å². The maximum absolute atomic E-state index is 12.0. The van der Waals surface area contributed by atoms with Gasteiger partial charge in [0.2, 0.25) is 11.8 Å². The Labute approximate surface area is 163 Å². The fourth-order valence-corrected chi connectivity index (χ4v) is 3.84. The average Bonchev–Trinajstić information content (AvgIpc) is 3.13. The van der Waals surface area contributed by atoms with Gasteiger partial charge in [-0.25, -0.2) is 4.98 Å². The van der Waals surface area contributed by atoms with Crippen molar-refractivity contribution in [3.63, 3.8) is 0 Å². The van der Waals surface area contributed by atoms with E-state index in [-0.39, 0.29) is 24.3 Å². The molecule has 0 aliphatic heterocycles. The number of amides is 2. The number of hydrogen-bond acceptors (Lipinski definition) is 5. The highest BCUT2D eigenvalue weighted by Crippen LogP contribution is 2.29. The van der Waals surface area contributed by atoms with E-state index in [0.717, 1.165) is 24.1 Å². The number of anilines is 1. The van der Waals surface area contributed by atoms with Crippen molar-refractivity contribution in [1.29, 1.82) is 0 Å². The number of nitrogens with zero attached hydrogens (tertiary/aromatic N) is 1. The highest BCUT2D eigenvalue weighted by Gasteiger charge is 2.18. The minimum atomic E-state index is -0.617. The molecule has 0 bridgehead atoms. The van der Waals surface area contributed by atoms with E-state index in [9.17, 15) is 9.59 Å². The normalized spacial score (nSPS) is 14.5. The summed E-state index contributed by atoms with van der Waals surface area (Å²) in [5.74, 6) is -0.620. The van der Waals surface area contributed by atoms with E-state index in [0.29, 0.717) is 5.13 Å².